The van der Waals surface area contributed by atoms with Gasteiger partial charge in [0.2, 0.25) is 0 Å². The Kier molecular flexibility index (Phi) is 3.71. The molecule has 1 heterocycles. The topological polar surface area (TPSA) is 26.3 Å². The van der Waals surface area contributed by atoms with Crippen LogP contribution in [0.4, 0.5) is 4.39 Å². The smallest absolute Gasteiger partial charge is 0.142 e. The third-order valence-corrected chi connectivity index (χ3v) is 3.50. The first-order valence-corrected chi connectivity index (χ1v) is 6.00. The van der Waals surface area contributed by atoms with Gasteiger partial charge in [-0.25, -0.2) is 4.39 Å². The summed E-state index contributed by atoms with van der Waals surface area (Å²) in [6.45, 7) is 1.19. The highest BCUT2D eigenvalue weighted by atomic mass is 79.9. The molecule has 0 aromatic heterocycles. The standard InChI is InChI=1S/C12H12BrFO2/c13-11-6-10(14)2-1-8(11)5-12(15)9-3-4-16-7-9/h1-2,6,9H,3-5,7H2. The molecule has 16 heavy (non-hydrogen) atoms. The number of Topliss-reactive ketones (excluding diaryl/α,β-unsaturated/α-hetero) is 1. The van der Waals surface area contributed by atoms with E-state index in [1.54, 1.807) is 6.07 Å². The van der Waals surface area contributed by atoms with E-state index < -0.39 is 0 Å². The summed E-state index contributed by atoms with van der Waals surface area (Å²) in [5.74, 6) is -0.117. The zero-order valence-corrected chi connectivity index (χ0v) is 10.3. The molecule has 0 N–H and O–H groups in total. The molecule has 1 fully saturated rings. The Morgan fingerprint density at radius 1 is 1.56 bits per heavy atom. The lowest BCUT2D eigenvalue weighted by Crippen LogP contribution is -2.16. The van der Waals surface area contributed by atoms with Crippen LogP contribution >= 0.6 is 15.9 Å². The maximum Gasteiger partial charge on any atom is 0.142 e. The molecule has 0 radical (unpaired) electrons. The van der Waals surface area contributed by atoms with E-state index in [4.69, 9.17) is 4.74 Å². The van der Waals surface area contributed by atoms with E-state index in [1.807, 2.05) is 0 Å². The Labute approximate surface area is 102 Å². The van der Waals surface area contributed by atoms with Crippen LogP contribution in [-0.2, 0) is 16.0 Å². The highest BCUT2D eigenvalue weighted by Gasteiger charge is 2.23. The van der Waals surface area contributed by atoms with E-state index in [2.05, 4.69) is 15.9 Å². The van der Waals surface area contributed by atoms with Crippen LogP contribution in [0.1, 0.15) is 12.0 Å². The van der Waals surface area contributed by atoms with Gasteiger partial charge in [-0.1, -0.05) is 22.0 Å². The molecular formula is C12H12BrFO2. The van der Waals surface area contributed by atoms with Gasteiger partial charge in [-0.05, 0) is 24.1 Å². The van der Waals surface area contributed by atoms with Gasteiger partial charge in [0, 0.05) is 23.4 Å². The number of carbonyl (C=O) groups is 1. The second-order valence-corrected chi connectivity index (χ2v) is 4.79. The third kappa shape index (κ3) is 2.68. The van der Waals surface area contributed by atoms with Crippen LogP contribution in [0, 0.1) is 11.7 Å². The molecule has 1 saturated heterocycles. The Morgan fingerprint density at radius 2 is 2.38 bits per heavy atom. The number of halogens is 2. The highest BCUT2D eigenvalue weighted by Crippen LogP contribution is 2.22. The molecule has 4 heteroatoms. The lowest BCUT2D eigenvalue weighted by Gasteiger charge is -2.08. The average molecular weight is 287 g/mol. The monoisotopic (exact) mass is 286 g/mol. The first kappa shape index (κ1) is 11.7. The van der Waals surface area contributed by atoms with E-state index in [9.17, 15) is 9.18 Å². The summed E-state index contributed by atoms with van der Waals surface area (Å²) in [7, 11) is 0. The number of ether oxygens (including phenoxy) is 1. The molecule has 1 atom stereocenters. The fourth-order valence-electron chi connectivity index (χ4n) is 1.79. The molecule has 86 valence electrons. The molecule has 1 aliphatic heterocycles. The summed E-state index contributed by atoms with van der Waals surface area (Å²) in [6, 6.07) is 4.40. The van der Waals surface area contributed by atoms with Gasteiger partial charge in [-0.3, -0.25) is 4.79 Å². The molecule has 0 spiro atoms. The molecule has 2 rings (SSSR count). The summed E-state index contributed by atoms with van der Waals surface area (Å²) in [5, 5.41) is 0. The van der Waals surface area contributed by atoms with E-state index in [-0.39, 0.29) is 17.5 Å². The van der Waals surface area contributed by atoms with Crippen LogP contribution < -0.4 is 0 Å². The number of rotatable bonds is 3. The van der Waals surface area contributed by atoms with Crippen molar-refractivity contribution < 1.29 is 13.9 Å². The molecule has 1 unspecified atom stereocenters. The molecule has 0 amide bonds. The van der Waals surface area contributed by atoms with Gasteiger partial charge in [0.15, 0.2) is 0 Å². The fraction of sp³-hybridized carbons (Fsp3) is 0.417. The van der Waals surface area contributed by atoms with Gasteiger partial charge < -0.3 is 4.74 Å². The summed E-state index contributed by atoms with van der Waals surface area (Å²) in [4.78, 5) is 11.9. The largest absolute Gasteiger partial charge is 0.381 e. The van der Waals surface area contributed by atoms with Crippen molar-refractivity contribution in [3.63, 3.8) is 0 Å². The van der Waals surface area contributed by atoms with E-state index >= 15 is 0 Å². The summed E-state index contributed by atoms with van der Waals surface area (Å²) < 4.78 is 18.7. The lowest BCUT2D eigenvalue weighted by molar-refractivity contribution is -0.122. The van der Waals surface area contributed by atoms with Crippen molar-refractivity contribution in [1.29, 1.82) is 0 Å². The van der Waals surface area contributed by atoms with Gasteiger partial charge >= 0.3 is 0 Å². The second kappa shape index (κ2) is 5.06. The van der Waals surface area contributed by atoms with Crippen molar-refractivity contribution in [2.75, 3.05) is 13.2 Å². The van der Waals surface area contributed by atoms with Gasteiger partial charge in [0.05, 0.1) is 6.61 Å². The van der Waals surface area contributed by atoms with Crippen molar-refractivity contribution in [1.82, 2.24) is 0 Å². The molecule has 2 nitrogen and oxygen atoms in total. The minimum Gasteiger partial charge on any atom is -0.381 e. The highest BCUT2D eigenvalue weighted by molar-refractivity contribution is 9.10. The number of hydrogen-bond donors (Lipinski definition) is 0. The average Bonchev–Trinajstić information content (AvgIpc) is 2.75. The van der Waals surface area contributed by atoms with Crippen LogP contribution in [0.15, 0.2) is 22.7 Å². The van der Waals surface area contributed by atoms with E-state index in [0.29, 0.717) is 24.1 Å². The van der Waals surface area contributed by atoms with E-state index in [0.717, 1.165) is 12.0 Å². The Hall–Kier alpha value is -0.740. The Bertz CT molecular complexity index is 400. The predicted octanol–water partition coefficient (Wildman–Crippen LogP) is 2.74. The first-order valence-electron chi connectivity index (χ1n) is 5.21. The maximum atomic E-state index is 12.9. The minimum atomic E-state index is -0.299. The van der Waals surface area contributed by atoms with Crippen molar-refractivity contribution in [3.8, 4) is 0 Å². The fourth-order valence-corrected chi connectivity index (χ4v) is 2.28. The summed E-state index contributed by atoms with van der Waals surface area (Å²) >= 11 is 3.26. The number of ketones is 1. The molecule has 0 bridgehead atoms. The molecule has 1 aromatic carbocycles. The third-order valence-electron chi connectivity index (χ3n) is 2.76. The Morgan fingerprint density at radius 3 is 3.00 bits per heavy atom. The number of hydrogen-bond acceptors (Lipinski definition) is 2. The normalized spacial score (nSPS) is 20.0. The summed E-state index contributed by atoms with van der Waals surface area (Å²) in [6.07, 6.45) is 1.15. The zero-order chi connectivity index (χ0) is 11.5. The maximum absolute atomic E-state index is 12.9. The molecule has 1 aliphatic rings. The molecule has 1 aromatic rings. The Balaban J connectivity index is 2.05. The molecular weight excluding hydrogens is 275 g/mol. The van der Waals surface area contributed by atoms with Crippen LogP contribution in [0.5, 0.6) is 0 Å². The molecule has 0 saturated carbocycles. The van der Waals surface area contributed by atoms with Crippen molar-refractivity contribution in [3.05, 3.63) is 34.1 Å². The second-order valence-electron chi connectivity index (χ2n) is 3.94. The van der Waals surface area contributed by atoms with Crippen molar-refractivity contribution in [2.45, 2.75) is 12.8 Å². The number of carbonyl (C=O) groups excluding carboxylic acids is 1. The van der Waals surface area contributed by atoms with Gasteiger partial charge in [-0.15, -0.1) is 0 Å². The first-order chi connectivity index (χ1) is 7.66. The number of benzene rings is 1. The van der Waals surface area contributed by atoms with Crippen molar-refractivity contribution >= 4 is 21.7 Å². The van der Waals surface area contributed by atoms with E-state index in [1.165, 1.54) is 12.1 Å². The van der Waals surface area contributed by atoms with Gasteiger partial charge in [0.25, 0.3) is 0 Å². The van der Waals surface area contributed by atoms with Crippen LogP contribution in [0.2, 0.25) is 0 Å². The lowest BCUT2D eigenvalue weighted by atomic mass is 9.97. The quantitative estimate of drug-likeness (QED) is 0.854. The van der Waals surface area contributed by atoms with Crippen LogP contribution in [-0.4, -0.2) is 19.0 Å². The zero-order valence-electron chi connectivity index (χ0n) is 8.71. The molecule has 0 aliphatic carbocycles. The SMILES string of the molecule is O=C(Cc1ccc(F)cc1Br)C1CCOC1. The van der Waals surface area contributed by atoms with Gasteiger partial charge in [-0.2, -0.15) is 0 Å². The summed E-state index contributed by atoms with van der Waals surface area (Å²) in [5.41, 5.74) is 0.832. The van der Waals surface area contributed by atoms with Crippen LogP contribution in [0.25, 0.3) is 0 Å². The van der Waals surface area contributed by atoms with Crippen molar-refractivity contribution in [2.24, 2.45) is 5.92 Å². The minimum absolute atomic E-state index is 0.0111. The van der Waals surface area contributed by atoms with Gasteiger partial charge in [0.1, 0.15) is 11.6 Å². The predicted molar refractivity (Wildman–Crippen MR) is 61.7 cm³/mol. The van der Waals surface area contributed by atoms with Crippen LogP contribution in [0.3, 0.4) is 0 Å².